The minimum atomic E-state index is -0.106. The average molecular weight is 222 g/mol. The summed E-state index contributed by atoms with van der Waals surface area (Å²) in [5.41, 5.74) is 1.60. The normalized spacial score (nSPS) is 10.3. The largest absolute Gasteiger partial charge is 0.326 e. The number of halogens is 1. The highest BCUT2D eigenvalue weighted by atomic mass is 35.5. The van der Waals surface area contributed by atoms with Crippen LogP contribution in [0.2, 0.25) is 5.02 Å². The molecule has 0 spiro atoms. The Bertz CT molecular complexity index is 410. The number of carbonyl (C=O) groups is 1. The SMILES string of the molecule is C=C/C=C/c1cc(Cl)ccc1NC(C)=O. The molecule has 0 saturated heterocycles. The summed E-state index contributed by atoms with van der Waals surface area (Å²) in [5, 5.41) is 3.36. The number of hydrogen-bond acceptors (Lipinski definition) is 1. The molecule has 3 heteroatoms. The molecule has 78 valence electrons. The lowest BCUT2D eigenvalue weighted by molar-refractivity contribution is -0.114. The molecule has 0 aliphatic heterocycles. The van der Waals surface area contributed by atoms with Crippen molar-refractivity contribution in [3.05, 3.63) is 47.5 Å². The van der Waals surface area contributed by atoms with E-state index in [-0.39, 0.29) is 5.91 Å². The van der Waals surface area contributed by atoms with Crippen molar-refractivity contribution in [2.75, 3.05) is 5.32 Å². The molecule has 0 radical (unpaired) electrons. The highest BCUT2D eigenvalue weighted by Crippen LogP contribution is 2.22. The predicted octanol–water partition coefficient (Wildman–Crippen LogP) is 3.50. The van der Waals surface area contributed by atoms with Gasteiger partial charge in [-0.3, -0.25) is 4.79 Å². The van der Waals surface area contributed by atoms with Gasteiger partial charge in [-0.1, -0.05) is 36.4 Å². The highest BCUT2D eigenvalue weighted by molar-refractivity contribution is 6.30. The van der Waals surface area contributed by atoms with E-state index in [1.807, 2.05) is 6.08 Å². The van der Waals surface area contributed by atoms with Crippen LogP contribution in [0.25, 0.3) is 6.08 Å². The van der Waals surface area contributed by atoms with Crippen LogP contribution in [0.3, 0.4) is 0 Å². The fourth-order valence-corrected chi connectivity index (χ4v) is 1.33. The molecule has 1 amide bonds. The van der Waals surface area contributed by atoms with Crippen LogP contribution in [0.15, 0.2) is 36.9 Å². The van der Waals surface area contributed by atoms with Gasteiger partial charge < -0.3 is 5.32 Å². The summed E-state index contributed by atoms with van der Waals surface area (Å²) < 4.78 is 0. The minimum absolute atomic E-state index is 0.106. The first kappa shape index (κ1) is 11.5. The average Bonchev–Trinajstić information content (AvgIpc) is 2.18. The van der Waals surface area contributed by atoms with Crippen molar-refractivity contribution in [2.45, 2.75) is 6.92 Å². The first-order valence-electron chi connectivity index (χ1n) is 4.49. The number of allylic oxidation sites excluding steroid dienone is 2. The zero-order chi connectivity index (χ0) is 11.3. The molecule has 0 atom stereocenters. The van der Waals surface area contributed by atoms with E-state index >= 15 is 0 Å². The maximum Gasteiger partial charge on any atom is 0.221 e. The van der Waals surface area contributed by atoms with Gasteiger partial charge in [0.1, 0.15) is 0 Å². The Balaban J connectivity index is 3.07. The third-order valence-corrected chi connectivity index (χ3v) is 1.97. The van der Waals surface area contributed by atoms with Crippen molar-refractivity contribution in [2.24, 2.45) is 0 Å². The fraction of sp³-hybridized carbons (Fsp3) is 0.0833. The first-order valence-corrected chi connectivity index (χ1v) is 4.87. The maximum absolute atomic E-state index is 10.9. The summed E-state index contributed by atoms with van der Waals surface area (Å²) in [5.74, 6) is -0.106. The summed E-state index contributed by atoms with van der Waals surface area (Å²) in [6, 6.07) is 5.29. The van der Waals surface area contributed by atoms with Gasteiger partial charge in [0.15, 0.2) is 0 Å². The Kier molecular flexibility index (Phi) is 4.13. The molecular weight excluding hydrogens is 210 g/mol. The second-order valence-electron chi connectivity index (χ2n) is 3.01. The molecule has 0 bridgehead atoms. The molecule has 1 aromatic carbocycles. The van der Waals surface area contributed by atoms with Crippen LogP contribution in [0.5, 0.6) is 0 Å². The number of nitrogens with one attached hydrogen (secondary N) is 1. The molecule has 0 aliphatic rings. The standard InChI is InChI=1S/C12H12ClNO/c1-3-4-5-10-8-11(13)6-7-12(10)14-9(2)15/h3-8H,1H2,2H3,(H,14,15)/b5-4+. The van der Waals surface area contributed by atoms with E-state index in [0.717, 1.165) is 11.3 Å². The second kappa shape index (κ2) is 5.37. The zero-order valence-corrected chi connectivity index (χ0v) is 9.21. The van der Waals surface area contributed by atoms with E-state index in [4.69, 9.17) is 11.6 Å². The van der Waals surface area contributed by atoms with Crippen molar-refractivity contribution in [1.29, 1.82) is 0 Å². The third kappa shape index (κ3) is 3.60. The van der Waals surface area contributed by atoms with Crippen molar-refractivity contribution in [3.63, 3.8) is 0 Å². The quantitative estimate of drug-likeness (QED) is 0.778. The fourth-order valence-electron chi connectivity index (χ4n) is 1.15. The van der Waals surface area contributed by atoms with Gasteiger partial charge in [-0.25, -0.2) is 0 Å². The van der Waals surface area contributed by atoms with Gasteiger partial charge in [0.05, 0.1) is 0 Å². The first-order chi connectivity index (χ1) is 7.13. The molecule has 0 heterocycles. The topological polar surface area (TPSA) is 29.1 Å². The van der Waals surface area contributed by atoms with E-state index in [1.165, 1.54) is 6.92 Å². The second-order valence-corrected chi connectivity index (χ2v) is 3.44. The number of hydrogen-bond donors (Lipinski definition) is 1. The smallest absolute Gasteiger partial charge is 0.221 e. The van der Waals surface area contributed by atoms with Crippen LogP contribution >= 0.6 is 11.6 Å². The van der Waals surface area contributed by atoms with Crippen molar-refractivity contribution >= 4 is 29.3 Å². The summed E-state index contributed by atoms with van der Waals surface area (Å²) in [4.78, 5) is 10.9. The van der Waals surface area contributed by atoms with Crippen LogP contribution in [-0.2, 0) is 4.79 Å². The molecule has 15 heavy (non-hydrogen) atoms. The van der Waals surface area contributed by atoms with Crippen LogP contribution in [0, 0.1) is 0 Å². The highest BCUT2D eigenvalue weighted by Gasteiger charge is 2.01. The van der Waals surface area contributed by atoms with Crippen LogP contribution in [-0.4, -0.2) is 5.91 Å². The van der Waals surface area contributed by atoms with Gasteiger partial charge in [0.25, 0.3) is 0 Å². The van der Waals surface area contributed by atoms with Crippen LogP contribution < -0.4 is 5.32 Å². The molecule has 1 N–H and O–H groups in total. The lowest BCUT2D eigenvalue weighted by Crippen LogP contribution is -2.06. The Morgan fingerprint density at radius 3 is 2.87 bits per heavy atom. The van der Waals surface area contributed by atoms with Crippen molar-refractivity contribution in [1.82, 2.24) is 0 Å². The van der Waals surface area contributed by atoms with E-state index in [9.17, 15) is 4.79 Å². The zero-order valence-electron chi connectivity index (χ0n) is 8.46. The van der Waals surface area contributed by atoms with Crippen molar-refractivity contribution in [3.8, 4) is 0 Å². The van der Waals surface area contributed by atoms with E-state index in [2.05, 4.69) is 11.9 Å². The molecule has 1 aromatic rings. The van der Waals surface area contributed by atoms with E-state index < -0.39 is 0 Å². The molecule has 1 rings (SSSR count). The molecule has 2 nitrogen and oxygen atoms in total. The molecule has 0 unspecified atom stereocenters. The number of carbonyl (C=O) groups excluding carboxylic acids is 1. The number of anilines is 1. The molecule has 0 aromatic heterocycles. The Labute approximate surface area is 94.3 Å². The lowest BCUT2D eigenvalue weighted by atomic mass is 10.1. The Morgan fingerprint density at radius 1 is 1.53 bits per heavy atom. The Hall–Kier alpha value is -1.54. The lowest BCUT2D eigenvalue weighted by Gasteiger charge is -2.06. The monoisotopic (exact) mass is 221 g/mol. The van der Waals surface area contributed by atoms with Gasteiger partial charge >= 0.3 is 0 Å². The molecule has 0 aliphatic carbocycles. The van der Waals surface area contributed by atoms with Gasteiger partial charge in [0.2, 0.25) is 5.91 Å². The Morgan fingerprint density at radius 2 is 2.27 bits per heavy atom. The third-order valence-electron chi connectivity index (χ3n) is 1.74. The summed E-state index contributed by atoms with van der Waals surface area (Å²) in [7, 11) is 0. The van der Waals surface area contributed by atoms with Crippen molar-refractivity contribution < 1.29 is 4.79 Å². The van der Waals surface area contributed by atoms with E-state index in [0.29, 0.717) is 5.02 Å². The predicted molar refractivity (Wildman–Crippen MR) is 65.0 cm³/mol. The van der Waals surface area contributed by atoms with E-state index in [1.54, 1.807) is 30.4 Å². The summed E-state index contributed by atoms with van der Waals surface area (Å²) >= 11 is 5.86. The van der Waals surface area contributed by atoms with Gasteiger partial charge in [-0.05, 0) is 23.8 Å². The number of amides is 1. The van der Waals surface area contributed by atoms with Gasteiger partial charge in [0, 0.05) is 17.6 Å². The summed E-state index contributed by atoms with van der Waals surface area (Å²) in [6.45, 7) is 5.05. The molecule has 0 saturated carbocycles. The molecule has 0 fully saturated rings. The number of benzene rings is 1. The minimum Gasteiger partial charge on any atom is -0.326 e. The van der Waals surface area contributed by atoms with Crippen LogP contribution in [0.4, 0.5) is 5.69 Å². The maximum atomic E-state index is 10.9. The summed E-state index contributed by atoms with van der Waals surface area (Å²) in [6.07, 6.45) is 5.29. The number of rotatable bonds is 3. The van der Waals surface area contributed by atoms with Gasteiger partial charge in [-0.15, -0.1) is 0 Å². The van der Waals surface area contributed by atoms with Crippen LogP contribution in [0.1, 0.15) is 12.5 Å². The van der Waals surface area contributed by atoms with Gasteiger partial charge in [-0.2, -0.15) is 0 Å². The molecular formula is C12H12ClNO.